The predicted molar refractivity (Wildman–Crippen MR) is 62.9 cm³/mol. The van der Waals surface area contributed by atoms with Crippen LogP contribution in [0, 0.1) is 11.3 Å². The number of benzene rings is 1. The minimum absolute atomic E-state index is 0.195. The molecule has 0 aliphatic carbocycles. The van der Waals surface area contributed by atoms with Gasteiger partial charge < -0.3 is 9.47 Å². The molecule has 0 radical (unpaired) electrons. The predicted octanol–water partition coefficient (Wildman–Crippen LogP) is 2.52. The molecule has 0 aromatic heterocycles. The lowest BCUT2D eigenvalue weighted by Gasteiger charge is -2.12. The van der Waals surface area contributed by atoms with Gasteiger partial charge in [0.25, 0.3) is 0 Å². The number of ether oxygens (including phenoxy) is 2. The number of methoxy groups -OCH3 is 1. The monoisotopic (exact) mass is 234 g/mol. The Morgan fingerprint density at radius 2 is 2.18 bits per heavy atom. The second kappa shape index (κ2) is 5.75. The number of hydrogen-bond donors (Lipinski definition) is 1. The van der Waals surface area contributed by atoms with Gasteiger partial charge >= 0.3 is 6.09 Å². The Hall–Kier alpha value is -2.22. The Kier molecular flexibility index (Phi) is 4.35. The van der Waals surface area contributed by atoms with Crippen molar-refractivity contribution in [2.75, 3.05) is 12.4 Å². The summed E-state index contributed by atoms with van der Waals surface area (Å²) in [5, 5.41) is 11.3. The van der Waals surface area contributed by atoms with Gasteiger partial charge in [0.2, 0.25) is 0 Å². The van der Waals surface area contributed by atoms with Crippen LogP contribution in [0.2, 0.25) is 0 Å². The average molecular weight is 234 g/mol. The van der Waals surface area contributed by atoms with Gasteiger partial charge in [-0.2, -0.15) is 5.26 Å². The summed E-state index contributed by atoms with van der Waals surface area (Å²) in [6.45, 7) is 3.52. The normalized spacial score (nSPS) is 9.59. The molecule has 0 heterocycles. The van der Waals surface area contributed by atoms with Crippen LogP contribution >= 0.6 is 0 Å². The first-order chi connectivity index (χ1) is 8.06. The van der Waals surface area contributed by atoms with Crippen molar-refractivity contribution in [3.63, 3.8) is 0 Å². The van der Waals surface area contributed by atoms with Crippen LogP contribution < -0.4 is 10.1 Å². The van der Waals surface area contributed by atoms with E-state index in [2.05, 4.69) is 5.32 Å². The van der Waals surface area contributed by atoms with Gasteiger partial charge in [-0.3, -0.25) is 5.32 Å². The Morgan fingerprint density at radius 1 is 1.47 bits per heavy atom. The lowest BCUT2D eigenvalue weighted by atomic mass is 10.2. The van der Waals surface area contributed by atoms with Gasteiger partial charge in [-0.25, -0.2) is 4.79 Å². The summed E-state index contributed by atoms with van der Waals surface area (Å²) in [5.74, 6) is 0.421. The van der Waals surface area contributed by atoms with Crippen LogP contribution in [-0.2, 0) is 4.74 Å². The van der Waals surface area contributed by atoms with E-state index in [0.29, 0.717) is 17.0 Å². The van der Waals surface area contributed by atoms with E-state index >= 15 is 0 Å². The quantitative estimate of drug-likeness (QED) is 0.872. The van der Waals surface area contributed by atoms with Crippen LogP contribution in [0.1, 0.15) is 19.4 Å². The molecule has 0 bridgehead atoms. The third-order valence-electron chi connectivity index (χ3n) is 1.91. The maximum atomic E-state index is 11.4. The van der Waals surface area contributed by atoms with Crippen LogP contribution in [0.4, 0.5) is 10.5 Å². The fraction of sp³-hybridized carbons (Fsp3) is 0.333. The summed E-state index contributed by atoms with van der Waals surface area (Å²) in [6.07, 6.45) is -0.748. The summed E-state index contributed by atoms with van der Waals surface area (Å²) in [6, 6.07) is 6.72. The molecule has 0 unspecified atom stereocenters. The number of carbonyl (C=O) groups is 1. The highest BCUT2D eigenvalue weighted by Gasteiger charge is 2.10. The fourth-order valence-corrected chi connectivity index (χ4v) is 1.22. The number of anilines is 1. The SMILES string of the molecule is COc1cc(C#N)ccc1NC(=O)OC(C)C. The van der Waals surface area contributed by atoms with Gasteiger partial charge in [0.15, 0.2) is 0 Å². The van der Waals surface area contributed by atoms with Crippen molar-refractivity contribution in [1.82, 2.24) is 0 Å². The first-order valence-corrected chi connectivity index (χ1v) is 5.12. The summed E-state index contributed by atoms with van der Waals surface area (Å²) in [4.78, 5) is 11.4. The number of nitrogens with zero attached hydrogens (tertiary/aromatic N) is 1. The molecule has 0 fully saturated rings. The molecule has 1 rings (SSSR count). The zero-order chi connectivity index (χ0) is 12.8. The Labute approximate surface area is 100.0 Å². The molecule has 0 aliphatic rings. The van der Waals surface area contributed by atoms with Gasteiger partial charge in [0.1, 0.15) is 5.75 Å². The molecule has 0 saturated carbocycles. The van der Waals surface area contributed by atoms with Crippen molar-refractivity contribution in [2.45, 2.75) is 20.0 Å². The number of hydrogen-bond acceptors (Lipinski definition) is 4. The fourth-order valence-electron chi connectivity index (χ4n) is 1.22. The molecule has 1 N–H and O–H groups in total. The van der Waals surface area contributed by atoms with Gasteiger partial charge in [0, 0.05) is 6.07 Å². The molecule has 5 nitrogen and oxygen atoms in total. The summed E-state index contributed by atoms with van der Waals surface area (Å²) >= 11 is 0. The summed E-state index contributed by atoms with van der Waals surface area (Å²) < 4.78 is 10.0. The molecule has 0 spiro atoms. The molecule has 17 heavy (non-hydrogen) atoms. The molecule has 1 aromatic carbocycles. The molecule has 90 valence electrons. The van der Waals surface area contributed by atoms with Crippen LogP contribution in [0.25, 0.3) is 0 Å². The highest BCUT2D eigenvalue weighted by atomic mass is 16.6. The van der Waals surface area contributed by atoms with Crippen LogP contribution in [0.15, 0.2) is 18.2 Å². The number of amides is 1. The third-order valence-corrected chi connectivity index (χ3v) is 1.91. The van der Waals surface area contributed by atoms with E-state index in [-0.39, 0.29) is 6.10 Å². The first-order valence-electron chi connectivity index (χ1n) is 5.12. The van der Waals surface area contributed by atoms with E-state index in [1.54, 1.807) is 32.0 Å². The molecule has 0 aliphatic heterocycles. The molecule has 0 atom stereocenters. The van der Waals surface area contributed by atoms with Gasteiger partial charge in [-0.15, -0.1) is 0 Å². The van der Waals surface area contributed by atoms with E-state index in [4.69, 9.17) is 14.7 Å². The summed E-state index contributed by atoms with van der Waals surface area (Å²) in [7, 11) is 1.47. The Morgan fingerprint density at radius 3 is 2.71 bits per heavy atom. The van der Waals surface area contributed by atoms with E-state index in [0.717, 1.165) is 0 Å². The second-order valence-corrected chi connectivity index (χ2v) is 3.61. The smallest absolute Gasteiger partial charge is 0.411 e. The molecular weight excluding hydrogens is 220 g/mol. The van der Waals surface area contributed by atoms with Crippen molar-refractivity contribution < 1.29 is 14.3 Å². The molecule has 0 saturated heterocycles. The van der Waals surface area contributed by atoms with E-state index < -0.39 is 6.09 Å². The topological polar surface area (TPSA) is 71.3 Å². The maximum absolute atomic E-state index is 11.4. The first kappa shape index (κ1) is 12.8. The van der Waals surface area contributed by atoms with Gasteiger partial charge in [-0.05, 0) is 26.0 Å². The standard InChI is InChI=1S/C12H14N2O3/c1-8(2)17-12(15)14-10-5-4-9(7-13)6-11(10)16-3/h4-6,8H,1-3H3,(H,14,15). The van der Waals surface area contributed by atoms with Gasteiger partial charge in [0.05, 0.1) is 30.5 Å². The van der Waals surface area contributed by atoms with E-state index in [1.807, 2.05) is 6.07 Å². The highest BCUT2D eigenvalue weighted by molar-refractivity contribution is 5.87. The van der Waals surface area contributed by atoms with Crippen molar-refractivity contribution in [2.24, 2.45) is 0 Å². The van der Waals surface area contributed by atoms with E-state index in [9.17, 15) is 4.79 Å². The highest BCUT2D eigenvalue weighted by Crippen LogP contribution is 2.25. The van der Waals surface area contributed by atoms with Crippen LogP contribution in [-0.4, -0.2) is 19.3 Å². The van der Waals surface area contributed by atoms with Crippen LogP contribution in [0.5, 0.6) is 5.75 Å². The van der Waals surface area contributed by atoms with Crippen molar-refractivity contribution in [3.8, 4) is 11.8 Å². The number of nitrogens with one attached hydrogen (secondary N) is 1. The maximum Gasteiger partial charge on any atom is 0.411 e. The van der Waals surface area contributed by atoms with Crippen molar-refractivity contribution >= 4 is 11.8 Å². The zero-order valence-electron chi connectivity index (χ0n) is 9.98. The number of carbonyl (C=O) groups excluding carboxylic acids is 1. The lowest BCUT2D eigenvalue weighted by molar-refractivity contribution is 0.130. The van der Waals surface area contributed by atoms with Crippen LogP contribution in [0.3, 0.4) is 0 Å². The van der Waals surface area contributed by atoms with E-state index in [1.165, 1.54) is 7.11 Å². The molecule has 1 aromatic rings. The Balaban J connectivity index is 2.84. The van der Waals surface area contributed by atoms with Crippen molar-refractivity contribution in [1.29, 1.82) is 5.26 Å². The summed E-state index contributed by atoms with van der Waals surface area (Å²) in [5.41, 5.74) is 0.932. The Bertz CT molecular complexity index is 450. The second-order valence-electron chi connectivity index (χ2n) is 3.61. The molecular formula is C12H14N2O3. The molecule has 1 amide bonds. The number of nitriles is 1. The zero-order valence-corrected chi connectivity index (χ0v) is 9.98. The lowest BCUT2D eigenvalue weighted by Crippen LogP contribution is -2.18. The largest absolute Gasteiger partial charge is 0.495 e. The number of rotatable bonds is 3. The minimum Gasteiger partial charge on any atom is -0.495 e. The minimum atomic E-state index is -0.553. The molecule has 5 heteroatoms. The average Bonchev–Trinajstić information content (AvgIpc) is 2.28. The van der Waals surface area contributed by atoms with Crippen molar-refractivity contribution in [3.05, 3.63) is 23.8 Å². The van der Waals surface area contributed by atoms with Gasteiger partial charge in [-0.1, -0.05) is 0 Å². The third kappa shape index (κ3) is 3.68.